The second-order valence-corrected chi connectivity index (χ2v) is 10.2. The molecule has 0 saturated heterocycles. The van der Waals surface area contributed by atoms with Crippen LogP contribution in [0.4, 0.5) is 0 Å². The number of nitrogens with one attached hydrogen (secondary N) is 2. The summed E-state index contributed by atoms with van der Waals surface area (Å²) >= 11 is 1.63. The zero-order valence-electron chi connectivity index (χ0n) is 36.7. The van der Waals surface area contributed by atoms with Crippen molar-refractivity contribution in [3.63, 3.8) is 0 Å². The summed E-state index contributed by atoms with van der Waals surface area (Å²) in [5.41, 5.74) is 4.37. The molecule has 306 valence electrons. The van der Waals surface area contributed by atoms with Crippen LogP contribution in [0.25, 0.3) is 0 Å². The van der Waals surface area contributed by atoms with Crippen LogP contribution >= 0.6 is 11.8 Å². The number of amides is 2. The van der Waals surface area contributed by atoms with Gasteiger partial charge in [0.25, 0.3) is 11.8 Å². The molecule has 0 aliphatic rings. The number of ether oxygens (including phenoxy) is 1. The predicted octanol–water partition coefficient (Wildman–Crippen LogP) is 9.02. The fraction of sp³-hybridized carbons (Fsp3) is 0.585. The van der Waals surface area contributed by atoms with Crippen LogP contribution in [0.3, 0.4) is 0 Å². The molecule has 0 bridgehead atoms. The molecule has 10 nitrogen and oxygen atoms in total. The van der Waals surface area contributed by atoms with Crippen LogP contribution < -0.4 is 16.5 Å². The van der Waals surface area contributed by atoms with Crippen molar-refractivity contribution in [2.24, 2.45) is 15.8 Å². The van der Waals surface area contributed by atoms with Crippen LogP contribution in [0.5, 0.6) is 0 Å². The smallest absolute Gasteiger partial charge is 0.269 e. The van der Waals surface area contributed by atoms with Crippen molar-refractivity contribution in [1.82, 2.24) is 15.6 Å². The lowest BCUT2D eigenvalue weighted by atomic mass is 10.0. The largest absolute Gasteiger partial charge is 0.388 e. The first-order chi connectivity index (χ1) is 24.7. The van der Waals surface area contributed by atoms with Gasteiger partial charge in [0, 0.05) is 54.4 Å². The quantitative estimate of drug-likeness (QED) is 0.0325. The Morgan fingerprint density at radius 3 is 1.71 bits per heavy atom. The van der Waals surface area contributed by atoms with Crippen molar-refractivity contribution in [2.75, 3.05) is 48.2 Å². The Labute approximate surface area is 327 Å². The van der Waals surface area contributed by atoms with E-state index in [2.05, 4.69) is 71.9 Å². The van der Waals surface area contributed by atoms with Gasteiger partial charge in [0.2, 0.25) is 0 Å². The molecule has 1 atom stereocenters. The summed E-state index contributed by atoms with van der Waals surface area (Å²) in [5, 5.41) is 9.05. The van der Waals surface area contributed by atoms with E-state index in [1.54, 1.807) is 67.0 Å². The van der Waals surface area contributed by atoms with Gasteiger partial charge in [0.1, 0.15) is 12.0 Å². The van der Waals surface area contributed by atoms with Crippen molar-refractivity contribution in [3.05, 3.63) is 59.2 Å². The number of hydrogen-bond donors (Lipinski definition) is 3. The second-order valence-electron chi connectivity index (χ2n) is 9.48. The zero-order valence-corrected chi connectivity index (χ0v) is 37.6. The van der Waals surface area contributed by atoms with E-state index in [9.17, 15) is 14.4 Å². The number of carbonyl (C=O) groups is 3. The summed E-state index contributed by atoms with van der Waals surface area (Å²) < 4.78 is 4.25. The summed E-state index contributed by atoms with van der Waals surface area (Å²) in [4.78, 5) is 41.0. The molecule has 0 aliphatic carbocycles. The number of hydrazine groups is 1. The fourth-order valence-corrected chi connectivity index (χ4v) is 3.25. The summed E-state index contributed by atoms with van der Waals surface area (Å²) in [6.45, 7) is 33.3. The Morgan fingerprint density at radius 2 is 1.40 bits per heavy atom. The molecule has 0 aromatic rings. The first-order valence-electron chi connectivity index (χ1n) is 17.4. The van der Waals surface area contributed by atoms with Gasteiger partial charge in [-0.1, -0.05) is 77.3 Å². The lowest BCUT2D eigenvalue weighted by Gasteiger charge is -2.20. The molecule has 1 unspecified atom stereocenters. The van der Waals surface area contributed by atoms with Crippen molar-refractivity contribution in [3.8, 4) is 12.8 Å². The Balaban J connectivity index is -0.0000000743. The third kappa shape index (κ3) is 61.5. The lowest BCUT2D eigenvalue weighted by molar-refractivity contribution is -0.119. The van der Waals surface area contributed by atoms with Gasteiger partial charge in [0.05, 0.1) is 5.71 Å². The third-order valence-electron chi connectivity index (χ3n) is 5.09. The SMILES string of the molecule is C#C.C/C=C(/C(=O)NC(/C=C/C)CC/C(C)=C(\C)CC=O)N(C)N.C=C.C=NC.CC.CC.CCC.CN=C(C)C(=O)NC/C(C)=C/SC.COC. The summed E-state index contributed by atoms with van der Waals surface area (Å²) in [6.07, 6.45) is 19.8. The molecule has 0 aromatic carbocycles. The van der Waals surface area contributed by atoms with Crippen LogP contribution in [0.15, 0.2) is 69.2 Å². The minimum absolute atomic E-state index is 0.0635. The fourth-order valence-electron chi connectivity index (χ4n) is 2.76. The molecule has 4 N–H and O–H groups in total. The first-order valence-corrected chi connectivity index (χ1v) is 18.7. The minimum atomic E-state index is -0.193. The molecule has 0 heterocycles. The van der Waals surface area contributed by atoms with E-state index in [1.807, 2.05) is 79.2 Å². The van der Waals surface area contributed by atoms with E-state index >= 15 is 0 Å². The van der Waals surface area contributed by atoms with E-state index in [0.717, 1.165) is 30.3 Å². The Morgan fingerprint density at radius 1 is 0.981 bits per heavy atom. The van der Waals surface area contributed by atoms with E-state index in [-0.39, 0.29) is 17.9 Å². The highest BCUT2D eigenvalue weighted by atomic mass is 32.2. The molecule has 11 heteroatoms. The molecule has 2 amide bonds. The van der Waals surface area contributed by atoms with Gasteiger partial charge >= 0.3 is 0 Å². The number of likely N-dealkylation sites (N-methyl/N-ethyl adjacent to an activating group) is 1. The normalized spacial score (nSPS) is 10.7. The number of nitrogens with zero attached hydrogens (tertiary/aromatic N) is 3. The van der Waals surface area contributed by atoms with Crippen molar-refractivity contribution < 1.29 is 19.1 Å². The van der Waals surface area contributed by atoms with Crippen LogP contribution in [-0.2, 0) is 19.1 Å². The zero-order chi connectivity index (χ0) is 43.5. The van der Waals surface area contributed by atoms with Crippen molar-refractivity contribution in [1.29, 1.82) is 0 Å². The molecule has 52 heavy (non-hydrogen) atoms. The molecule has 0 aliphatic heterocycles. The van der Waals surface area contributed by atoms with Gasteiger partial charge in [0.15, 0.2) is 0 Å². The lowest BCUT2D eigenvalue weighted by Crippen LogP contribution is -2.40. The monoisotopic (exact) mass is 755 g/mol. The number of aldehydes is 1. The maximum atomic E-state index is 12.2. The summed E-state index contributed by atoms with van der Waals surface area (Å²) in [5.74, 6) is 5.35. The van der Waals surface area contributed by atoms with Crippen molar-refractivity contribution in [2.45, 2.75) is 115 Å². The van der Waals surface area contributed by atoms with E-state index in [1.165, 1.54) is 17.0 Å². The standard InChI is InChI=1S/C17H29N3O2.C9H16N2OS.C3H8.C2H5N.C2H6O.2C2H6.C2H4.C2H2/c1-6-8-15(10-9-13(3)14(4)11-12-21)19-17(22)16(7-2)20(5)18;1-7(6-13-4)5-11-9(12)8(2)10-3;3*1-3-2;4*1-2/h6-8,12,15H,9-11,18H2,1-5H3,(H,19,22);6H,5H2,1-4H3,(H,11,12);3H2,1-2H3;1H2,2H3;1-2H3;2*1-2H3;1-2H2;1-2H/b8-6+,14-13+,16-7-;7-6+,10-8?;;;;;;;. The molecule has 0 spiro atoms. The van der Waals surface area contributed by atoms with Gasteiger partial charge in [-0.15, -0.1) is 37.8 Å². The number of nitrogens with two attached hydrogens (primary N) is 1. The van der Waals surface area contributed by atoms with E-state index in [4.69, 9.17) is 5.84 Å². The topological polar surface area (TPSA) is 138 Å². The maximum Gasteiger partial charge on any atom is 0.269 e. The number of allylic oxidation sites excluding steroid dienone is 4. The molecular weight excluding hydrogens is 673 g/mol. The maximum absolute atomic E-state index is 12.2. The highest BCUT2D eigenvalue weighted by molar-refractivity contribution is 8.01. The van der Waals surface area contributed by atoms with Crippen LogP contribution in [0.2, 0.25) is 0 Å². The van der Waals surface area contributed by atoms with Crippen LogP contribution in [0.1, 0.15) is 109 Å². The number of thioether (sulfide) groups is 1. The van der Waals surface area contributed by atoms with Gasteiger partial charge in [-0.2, -0.15) is 0 Å². The average molecular weight is 755 g/mol. The number of methoxy groups -OCH3 is 1. The summed E-state index contributed by atoms with van der Waals surface area (Å²) in [6, 6.07) is -0.0635. The number of rotatable bonds is 13. The molecule has 0 radical (unpaired) electrons. The third-order valence-corrected chi connectivity index (χ3v) is 5.72. The first kappa shape index (κ1) is 69.9. The Kier molecular flexibility index (Phi) is 88.3. The van der Waals surface area contributed by atoms with E-state index < -0.39 is 0 Å². The number of terminal acetylenes is 1. The molecule has 0 saturated carbocycles. The average Bonchev–Trinajstić information content (AvgIpc) is 3.14. The van der Waals surface area contributed by atoms with Gasteiger partial charge in [-0.25, -0.2) is 5.84 Å². The summed E-state index contributed by atoms with van der Waals surface area (Å²) in [7, 11) is 8.13. The van der Waals surface area contributed by atoms with E-state index in [0.29, 0.717) is 24.4 Å². The van der Waals surface area contributed by atoms with Gasteiger partial charge in [-0.3, -0.25) is 14.6 Å². The van der Waals surface area contributed by atoms with Crippen LogP contribution in [0, 0.1) is 12.8 Å². The molecule has 0 aromatic heterocycles. The molecular formula is C41H82N6O4S. The predicted molar refractivity (Wildman–Crippen MR) is 238 cm³/mol. The second kappa shape index (κ2) is 65.6. The highest BCUT2D eigenvalue weighted by Crippen LogP contribution is 2.15. The van der Waals surface area contributed by atoms with Crippen molar-refractivity contribution >= 4 is 42.3 Å². The number of aliphatic imine (C=N–C) groups is 2. The number of carbonyl (C=O) groups excluding carboxylic acids is 3. The highest BCUT2D eigenvalue weighted by Gasteiger charge is 2.15. The Bertz CT molecular complexity index is 968. The molecule has 0 rings (SSSR count). The number of hydrogen-bond acceptors (Lipinski definition) is 9. The minimum Gasteiger partial charge on any atom is -0.388 e. The Hall–Kier alpha value is -3.72. The van der Waals surface area contributed by atoms with Crippen LogP contribution in [-0.4, -0.2) is 89.7 Å². The molecule has 0 fully saturated rings. The van der Waals surface area contributed by atoms with Gasteiger partial charge in [-0.05, 0) is 78.3 Å². The van der Waals surface area contributed by atoms with Gasteiger partial charge < -0.3 is 30.2 Å².